The van der Waals surface area contributed by atoms with Crippen molar-refractivity contribution in [3.63, 3.8) is 0 Å². The minimum atomic E-state index is 0.307. The largest absolute Gasteiger partial charge is 0.281 e. The smallest absolute Gasteiger partial charge is 0.209 e. The summed E-state index contributed by atoms with van der Waals surface area (Å²) in [4.78, 5) is 15.6. The summed E-state index contributed by atoms with van der Waals surface area (Å²) in [5.74, 6) is 0.307. The molecule has 0 aliphatic rings. The molecule has 0 saturated carbocycles. The zero-order valence-electron chi connectivity index (χ0n) is 10.2. The highest BCUT2D eigenvalue weighted by molar-refractivity contribution is 6.30. The van der Waals surface area contributed by atoms with Crippen LogP contribution < -0.4 is 0 Å². The third kappa shape index (κ3) is 2.00. The molecule has 0 spiro atoms. The molecule has 4 nitrogen and oxygen atoms in total. The average molecular weight is 272 g/mol. The van der Waals surface area contributed by atoms with Gasteiger partial charge in [0.05, 0.1) is 0 Å². The van der Waals surface area contributed by atoms with Crippen molar-refractivity contribution in [3.8, 4) is 11.3 Å². The third-order valence-corrected chi connectivity index (χ3v) is 3.20. The second kappa shape index (κ2) is 4.48. The molecular weight excluding hydrogens is 262 g/mol. The normalized spacial score (nSPS) is 10.8. The SMILES string of the molecule is Cc1ccc2nc(-c3ccc(Cl)cc3)c(N=O)n2c1. The Hall–Kier alpha value is -2.20. The molecule has 1 aromatic carbocycles. The van der Waals surface area contributed by atoms with Gasteiger partial charge in [-0.2, -0.15) is 0 Å². The molecule has 0 fully saturated rings. The molecule has 0 aliphatic carbocycles. The quantitative estimate of drug-likeness (QED) is 0.650. The van der Waals surface area contributed by atoms with E-state index in [2.05, 4.69) is 10.2 Å². The summed E-state index contributed by atoms with van der Waals surface area (Å²) >= 11 is 5.86. The molecule has 0 saturated heterocycles. The summed E-state index contributed by atoms with van der Waals surface area (Å²) in [6, 6.07) is 11.0. The molecule has 19 heavy (non-hydrogen) atoms. The molecule has 0 N–H and O–H groups in total. The Morgan fingerprint density at radius 1 is 1.16 bits per heavy atom. The Balaban J connectivity index is 2.28. The van der Waals surface area contributed by atoms with E-state index >= 15 is 0 Å². The number of nitrogens with zero attached hydrogens (tertiary/aromatic N) is 3. The van der Waals surface area contributed by atoms with Crippen molar-refractivity contribution in [3.05, 3.63) is 58.1 Å². The maximum Gasteiger partial charge on any atom is 0.209 e. The standard InChI is InChI=1S/C14H10ClN3O/c1-9-2-7-12-16-13(14(17-19)18(12)8-9)10-3-5-11(15)6-4-10/h2-8H,1H3. The van der Waals surface area contributed by atoms with Gasteiger partial charge in [0.1, 0.15) is 11.3 Å². The minimum Gasteiger partial charge on any atom is -0.281 e. The number of nitroso groups, excluding NO2 is 1. The van der Waals surface area contributed by atoms with Crippen molar-refractivity contribution >= 4 is 23.1 Å². The zero-order chi connectivity index (χ0) is 13.4. The molecule has 5 heteroatoms. The number of halogens is 1. The van der Waals surface area contributed by atoms with Crippen LogP contribution in [-0.2, 0) is 0 Å². The molecule has 94 valence electrons. The van der Waals surface area contributed by atoms with Crippen molar-refractivity contribution in [2.24, 2.45) is 5.18 Å². The first-order valence-electron chi connectivity index (χ1n) is 5.77. The van der Waals surface area contributed by atoms with Gasteiger partial charge in [-0.15, -0.1) is 4.91 Å². The first kappa shape index (κ1) is 11.9. The first-order valence-corrected chi connectivity index (χ1v) is 6.15. The Morgan fingerprint density at radius 2 is 1.89 bits per heavy atom. The lowest BCUT2D eigenvalue weighted by Crippen LogP contribution is -1.84. The monoisotopic (exact) mass is 271 g/mol. The van der Waals surface area contributed by atoms with Crippen LogP contribution in [0.3, 0.4) is 0 Å². The Morgan fingerprint density at radius 3 is 2.58 bits per heavy atom. The summed E-state index contributed by atoms with van der Waals surface area (Å²) < 4.78 is 1.70. The molecule has 0 amide bonds. The van der Waals surface area contributed by atoms with Gasteiger partial charge in [0, 0.05) is 16.8 Å². The van der Waals surface area contributed by atoms with E-state index in [1.54, 1.807) is 16.5 Å². The molecule has 0 radical (unpaired) electrons. The van der Waals surface area contributed by atoms with Crippen LogP contribution in [0.25, 0.3) is 16.9 Å². The maximum absolute atomic E-state index is 11.1. The highest BCUT2D eigenvalue weighted by Crippen LogP contribution is 2.31. The fourth-order valence-corrected chi connectivity index (χ4v) is 2.15. The third-order valence-electron chi connectivity index (χ3n) is 2.95. The van der Waals surface area contributed by atoms with Crippen molar-refractivity contribution in [1.29, 1.82) is 0 Å². The van der Waals surface area contributed by atoms with Crippen LogP contribution in [0.5, 0.6) is 0 Å². The van der Waals surface area contributed by atoms with Crippen LogP contribution in [0.4, 0.5) is 5.82 Å². The van der Waals surface area contributed by atoms with E-state index in [1.807, 2.05) is 37.4 Å². The summed E-state index contributed by atoms with van der Waals surface area (Å²) in [5.41, 5.74) is 3.13. The molecule has 3 aromatic rings. The number of aromatic nitrogens is 2. The predicted octanol–water partition coefficient (Wildman–Crippen LogP) is 4.36. The van der Waals surface area contributed by atoms with Crippen LogP contribution in [0.1, 0.15) is 5.56 Å². The second-order valence-corrected chi connectivity index (χ2v) is 4.75. The predicted molar refractivity (Wildman–Crippen MR) is 75.8 cm³/mol. The van der Waals surface area contributed by atoms with E-state index in [0.717, 1.165) is 11.1 Å². The van der Waals surface area contributed by atoms with Crippen molar-refractivity contribution in [2.75, 3.05) is 0 Å². The van der Waals surface area contributed by atoms with Crippen molar-refractivity contribution in [2.45, 2.75) is 6.92 Å². The number of rotatable bonds is 2. The van der Waals surface area contributed by atoms with Gasteiger partial charge in [0.2, 0.25) is 5.82 Å². The lowest BCUT2D eigenvalue weighted by molar-refractivity contribution is 1.14. The van der Waals surface area contributed by atoms with Crippen LogP contribution >= 0.6 is 11.6 Å². The first-order chi connectivity index (χ1) is 9.19. The van der Waals surface area contributed by atoms with Gasteiger partial charge in [0.15, 0.2) is 0 Å². The van der Waals surface area contributed by atoms with Gasteiger partial charge in [-0.3, -0.25) is 4.40 Å². The van der Waals surface area contributed by atoms with Crippen LogP contribution in [0, 0.1) is 11.8 Å². The topological polar surface area (TPSA) is 46.7 Å². The Labute approximate surface area is 114 Å². The number of imidazole rings is 1. The molecule has 0 unspecified atom stereocenters. The highest BCUT2D eigenvalue weighted by atomic mass is 35.5. The van der Waals surface area contributed by atoms with Gasteiger partial charge in [0.25, 0.3) is 0 Å². The van der Waals surface area contributed by atoms with E-state index in [-0.39, 0.29) is 0 Å². The lowest BCUT2D eigenvalue weighted by Gasteiger charge is -1.98. The number of hydrogen-bond donors (Lipinski definition) is 0. The van der Waals surface area contributed by atoms with Gasteiger partial charge >= 0.3 is 0 Å². The minimum absolute atomic E-state index is 0.307. The number of aryl methyl sites for hydroxylation is 1. The molecule has 0 aliphatic heterocycles. The highest BCUT2D eigenvalue weighted by Gasteiger charge is 2.14. The van der Waals surface area contributed by atoms with Crippen molar-refractivity contribution < 1.29 is 0 Å². The Bertz CT molecular complexity index is 762. The van der Waals surface area contributed by atoms with Gasteiger partial charge < -0.3 is 0 Å². The molecule has 0 bridgehead atoms. The fraction of sp³-hybridized carbons (Fsp3) is 0.0714. The fourth-order valence-electron chi connectivity index (χ4n) is 2.03. The molecule has 0 atom stereocenters. The van der Waals surface area contributed by atoms with E-state index in [1.165, 1.54) is 0 Å². The van der Waals surface area contributed by atoms with E-state index in [0.29, 0.717) is 22.2 Å². The molecular formula is C14H10ClN3O. The summed E-state index contributed by atoms with van der Waals surface area (Å²) in [6.07, 6.45) is 1.85. The number of benzene rings is 1. The van der Waals surface area contributed by atoms with Crippen molar-refractivity contribution in [1.82, 2.24) is 9.38 Å². The lowest BCUT2D eigenvalue weighted by atomic mass is 10.1. The maximum atomic E-state index is 11.1. The summed E-state index contributed by atoms with van der Waals surface area (Å²) in [6.45, 7) is 1.95. The van der Waals surface area contributed by atoms with Gasteiger partial charge in [-0.1, -0.05) is 29.8 Å². The Kier molecular flexibility index (Phi) is 2.80. The van der Waals surface area contributed by atoms with Crippen LogP contribution in [0.15, 0.2) is 47.8 Å². The number of fused-ring (bicyclic) bond motifs is 1. The van der Waals surface area contributed by atoms with Gasteiger partial charge in [-0.05, 0) is 35.9 Å². The van der Waals surface area contributed by atoms with E-state index in [9.17, 15) is 4.91 Å². The van der Waals surface area contributed by atoms with Gasteiger partial charge in [-0.25, -0.2) is 4.98 Å². The van der Waals surface area contributed by atoms with Crippen LogP contribution in [0.2, 0.25) is 5.02 Å². The summed E-state index contributed by atoms with van der Waals surface area (Å²) in [5, 5.41) is 3.76. The summed E-state index contributed by atoms with van der Waals surface area (Å²) in [7, 11) is 0. The van der Waals surface area contributed by atoms with E-state index < -0.39 is 0 Å². The molecule has 3 rings (SSSR count). The molecule has 2 heterocycles. The van der Waals surface area contributed by atoms with Crippen LogP contribution in [-0.4, -0.2) is 9.38 Å². The second-order valence-electron chi connectivity index (χ2n) is 4.32. The molecule has 2 aromatic heterocycles. The number of pyridine rings is 1. The zero-order valence-corrected chi connectivity index (χ0v) is 10.9. The number of hydrogen-bond acceptors (Lipinski definition) is 3. The average Bonchev–Trinajstić information content (AvgIpc) is 2.77. The van der Waals surface area contributed by atoms with E-state index in [4.69, 9.17) is 11.6 Å².